The van der Waals surface area contributed by atoms with Crippen LogP contribution in [0, 0.1) is 20.8 Å². The van der Waals surface area contributed by atoms with Crippen LogP contribution in [0.5, 0.6) is 0 Å². The van der Waals surface area contributed by atoms with Crippen LogP contribution in [0.25, 0.3) is 22.3 Å². The number of nitrogens with zero attached hydrogens (tertiary/aromatic N) is 2. The van der Waals surface area contributed by atoms with E-state index in [1.807, 2.05) is 31.2 Å². The van der Waals surface area contributed by atoms with Gasteiger partial charge in [0, 0.05) is 5.56 Å². The van der Waals surface area contributed by atoms with Gasteiger partial charge in [-0.05, 0) is 38.5 Å². The lowest BCUT2D eigenvalue weighted by Crippen LogP contribution is -1.96. The number of rotatable bonds is 1. The van der Waals surface area contributed by atoms with Crippen molar-refractivity contribution in [3.63, 3.8) is 0 Å². The molecule has 3 aromatic rings. The second-order valence-electron chi connectivity index (χ2n) is 4.96. The van der Waals surface area contributed by atoms with Crippen LogP contribution < -0.4 is 0 Å². The van der Waals surface area contributed by atoms with Crippen molar-refractivity contribution in [3.8, 4) is 11.3 Å². The van der Waals surface area contributed by atoms with E-state index in [1.54, 1.807) is 0 Å². The standard InChI is InChI=1S/C17H16N2/c1-11-8-9-14(12(2)10-11)17-13(3)18-15-6-4-5-7-16(15)19-17/h4-10H,1-3H3. The van der Waals surface area contributed by atoms with Crippen molar-refractivity contribution >= 4 is 11.0 Å². The van der Waals surface area contributed by atoms with Gasteiger partial charge in [-0.2, -0.15) is 0 Å². The fraction of sp³-hybridized carbons (Fsp3) is 0.176. The summed E-state index contributed by atoms with van der Waals surface area (Å²) in [6.45, 7) is 6.25. The second-order valence-corrected chi connectivity index (χ2v) is 4.96. The number of aromatic nitrogens is 2. The number of benzene rings is 2. The van der Waals surface area contributed by atoms with Gasteiger partial charge in [-0.3, -0.25) is 0 Å². The van der Waals surface area contributed by atoms with E-state index in [2.05, 4.69) is 37.0 Å². The van der Waals surface area contributed by atoms with Gasteiger partial charge in [0.05, 0.1) is 22.4 Å². The highest BCUT2D eigenvalue weighted by Crippen LogP contribution is 2.26. The molecule has 0 aliphatic carbocycles. The maximum atomic E-state index is 4.77. The molecule has 19 heavy (non-hydrogen) atoms. The number of hydrogen-bond donors (Lipinski definition) is 0. The topological polar surface area (TPSA) is 25.8 Å². The molecular formula is C17H16N2. The smallest absolute Gasteiger partial charge is 0.0924 e. The zero-order valence-electron chi connectivity index (χ0n) is 11.4. The van der Waals surface area contributed by atoms with E-state index in [0.29, 0.717) is 0 Å². The largest absolute Gasteiger partial charge is 0.249 e. The van der Waals surface area contributed by atoms with Crippen molar-refractivity contribution < 1.29 is 0 Å². The Morgan fingerprint density at radius 3 is 2.16 bits per heavy atom. The quantitative estimate of drug-likeness (QED) is 0.644. The van der Waals surface area contributed by atoms with Crippen molar-refractivity contribution in [3.05, 3.63) is 59.3 Å². The zero-order chi connectivity index (χ0) is 13.4. The Kier molecular flexibility index (Phi) is 2.79. The van der Waals surface area contributed by atoms with E-state index in [9.17, 15) is 0 Å². The molecule has 1 aromatic heterocycles. The van der Waals surface area contributed by atoms with Crippen LogP contribution in [0.2, 0.25) is 0 Å². The monoisotopic (exact) mass is 248 g/mol. The first-order valence-corrected chi connectivity index (χ1v) is 6.46. The van der Waals surface area contributed by atoms with Crippen LogP contribution in [-0.2, 0) is 0 Å². The molecule has 0 amide bonds. The summed E-state index contributed by atoms with van der Waals surface area (Å²) in [4.78, 5) is 9.43. The highest BCUT2D eigenvalue weighted by molar-refractivity contribution is 5.79. The van der Waals surface area contributed by atoms with Crippen molar-refractivity contribution in [2.75, 3.05) is 0 Å². The molecule has 0 atom stereocenters. The maximum absolute atomic E-state index is 4.77. The molecule has 0 radical (unpaired) electrons. The molecule has 0 saturated heterocycles. The summed E-state index contributed by atoms with van der Waals surface area (Å²) in [6, 6.07) is 14.4. The van der Waals surface area contributed by atoms with Crippen LogP contribution in [-0.4, -0.2) is 9.97 Å². The molecule has 2 nitrogen and oxygen atoms in total. The third-order valence-corrected chi connectivity index (χ3v) is 3.38. The minimum absolute atomic E-state index is 0.947. The molecule has 1 heterocycles. The first kappa shape index (κ1) is 11.8. The van der Waals surface area contributed by atoms with Crippen molar-refractivity contribution in [1.29, 1.82) is 0 Å². The van der Waals surface area contributed by atoms with Gasteiger partial charge >= 0.3 is 0 Å². The van der Waals surface area contributed by atoms with Crippen LogP contribution >= 0.6 is 0 Å². The molecule has 0 unspecified atom stereocenters. The van der Waals surface area contributed by atoms with Gasteiger partial charge in [0.2, 0.25) is 0 Å². The van der Waals surface area contributed by atoms with E-state index < -0.39 is 0 Å². The highest BCUT2D eigenvalue weighted by atomic mass is 14.8. The molecule has 94 valence electrons. The summed E-state index contributed by atoms with van der Waals surface area (Å²) < 4.78 is 0. The first-order chi connectivity index (χ1) is 9.15. The summed E-state index contributed by atoms with van der Waals surface area (Å²) in [5, 5.41) is 0. The minimum Gasteiger partial charge on any atom is -0.249 e. The average Bonchev–Trinajstić information content (AvgIpc) is 2.38. The molecule has 0 aliphatic rings. The first-order valence-electron chi connectivity index (χ1n) is 6.46. The average molecular weight is 248 g/mol. The molecule has 2 aromatic carbocycles. The Morgan fingerprint density at radius 2 is 1.47 bits per heavy atom. The van der Waals surface area contributed by atoms with Gasteiger partial charge in [0.1, 0.15) is 0 Å². The van der Waals surface area contributed by atoms with Gasteiger partial charge in [-0.25, -0.2) is 9.97 Å². The van der Waals surface area contributed by atoms with Gasteiger partial charge in [-0.15, -0.1) is 0 Å². The van der Waals surface area contributed by atoms with Gasteiger partial charge in [-0.1, -0.05) is 35.9 Å². The molecule has 0 N–H and O–H groups in total. The number of hydrogen-bond acceptors (Lipinski definition) is 2. The van der Waals surface area contributed by atoms with E-state index in [1.165, 1.54) is 16.7 Å². The fourth-order valence-electron chi connectivity index (χ4n) is 2.42. The van der Waals surface area contributed by atoms with Crippen LogP contribution in [0.3, 0.4) is 0 Å². The summed E-state index contributed by atoms with van der Waals surface area (Å²) >= 11 is 0. The van der Waals surface area contributed by atoms with E-state index in [-0.39, 0.29) is 0 Å². The van der Waals surface area contributed by atoms with Crippen LogP contribution in [0.15, 0.2) is 42.5 Å². The fourth-order valence-corrected chi connectivity index (χ4v) is 2.42. The Labute approximate surface area is 113 Å². The zero-order valence-corrected chi connectivity index (χ0v) is 11.4. The third-order valence-electron chi connectivity index (χ3n) is 3.38. The maximum Gasteiger partial charge on any atom is 0.0924 e. The Morgan fingerprint density at radius 1 is 0.789 bits per heavy atom. The van der Waals surface area contributed by atoms with E-state index in [4.69, 9.17) is 4.98 Å². The number of fused-ring (bicyclic) bond motifs is 1. The molecule has 2 heteroatoms. The molecule has 0 bridgehead atoms. The molecule has 0 saturated carbocycles. The lowest BCUT2D eigenvalue weighted by atomic mass is 10.0. The summed E-state index contributed by atoms with van der Waals surface area (Å²) in [7, 11) is 0. The van der Waals surface area contributed by atoms with Crippen molar-refractivity contribution in [2.24, 2.45) is 0 Å². The van der Waals surface area contributed by atoms with Gasteiger partial charge in [0.15, 0.2) is 0 Å². The minimum atomic E-state index is 0.947. The number of aryl methyl sites for hydroxylation is 3. The molecule has 0 aliphatic heterocycles. The molecule has 0 spiro atoms. The predicted octanol–water partition coefficient (Wildman–Crippen LogP) is 4.22. The summed E-state index contributed by atoms with van der Waals surface area (Å²) in [5.41, 5.74) is 7.54. The van der Waals surface area contributed by atoms with E-state index in [0.717, 1.165) is 22.4 Å². The lowest BCUT2D eigenvalue weighted by molar-refractivity contribution is 1.18. The van der Waals surface area contributed by atoms with Crippen LogP contribution in [0.4, 0.5) is 0 Å². The van der Waals surface area contributed by atoms with Crippen LogP contribution in [0.1, 0.15) is 16.8 Å². The molecule has 0 fully saturated rings. The Hall–Kier alpha value is -2.22. The Bertz CT molecular complexity index is 760. The Balaban J connectivity index is 2.27. The SMILES string of the molecule is Cc1ccc(-c2nc3ccccc3nc2C)c(C)c1. The van der Waals surface area contributed by atoms with Crippen molar-refractivity contribution in [2.45, 2.75) is 20.8 Å². The molecular weight excluding hydrogens is 232 g/mol. The summed E-state index contributed by atoms with van der Waals surface area (Å²) in [5.74, 6) is 0. The number of para-hydroxylation sites is 2. The highest BCUT2D eigenvalue weighted by Gasteiger charge is 2.09. The summed E-state index contributed by atoms with van der Waals surface area (Å²) in [6.07, 6.45) is 0. The predicted molar refractivity (Wildman–Crippen MR) is 79.2 cm³/mol. The van der Waals surface area contributed by atoms with E-state index >= 15 is 0 Å². The van der Waals surface area contributed by atoms with Gasteiger partial charge < -0.3 is 0 Å². The third kappa shape index (κ3) is 2.10. The van der Waals surface area contributed by atoms with Crippen molar-refractivity contribution in [1.82, 2.24) is 9.97 Å². The van der Waals surface area contributed by atoms with Gasteiger partial charge in [0.25, 0.3) is 0 Å². The molecule has 3 rings (SSSR count). The second kappa shape index (κ2) is 4.47. The lowest BCUT2D eigenvalue weighted by Gasteiger charge is -2.10. The normalized spacial score (nSPS) is 10.9.